The van der Waals surface area contributed by atoms with Crippen molar-refractivity contribution in [2.45, 2.75) is 66.2 Å². The molecule has 0 unspecified atom stereocenters. The number of rotatable bonds is 6. The lowest BCUT2D eigenvalue weighted by molar-refractivity contribution is 0.0178. The quantitative estimate of drug-likeness (QED) is 0.495. The van der Waals surface area contributed by atoms with Gasteiger partial charge in [0.15, 0.2) is 0 Å². The highest BCUT2D eigenvalue weighted by Crippen LogP contribution is 2.29. The van der Waals surface area contributed by atoms with Crippen LogP contribution in [-0.4, -0.2) is 52.3 Å². The molecule has 0 radical (unpaired) electrons. The molecule has 2 amide bonds. The van der Waals surface area contributed by atoms with Gasteiger partial charge in [-0.05, 0) is 65.5 Å². The van der Waals surface area contributed by atoms with Crippen molar-refractivity contribution in [3.05, 3.63) is 63.2 Å². The zero-order chi connectivity index (χ0) is 27.6. The summed E-state index contributed by atoms with van der Waals surface area (Å²) in [5.41, 5.74) is 2.76. The van der Waals surface area contributed by atoms with Crippen LogP contribution in [0.2, 0.25) is 0 Å². The van der Waals surface area contributed by atoms with E-state index in [1.807, 2.05) is 52.0 Å². The van der Waals surface area contributed by atoms with Crippen LogP contribution in [0.1, 0.15) is 60.9 Å². The number of likely N-dealkylation sites (tertiary alicyclic amines) is 1. The summed E-state index contributed by atoms with van der Waals surface area (Å²) in [4.78, 5) is 42.9. The number of hydrogen-bond acceptors (Lipinski definition) is 5. The minimum atomic E-state index is -0.510. The van der Waals surface area contributed by atoms with Crippen LogP contribution in [0.4, 0.5) is 4.79 Å². The second kappa shape index (κ2) is 10.9. The highest BCUT2D eigenvalue weighted by Gasteiger charge is 2.28. The van der Waals surface area contributed by atoms with E-state index in [2.05, 4.69) is 14.9 Å². The molecule has 1 fully saturated rings. The number of carbonyl (C=O) groups is 2. The number of aromatic nitrogens is 2. The van der Waals surface area contributed by atoms with Crippen molar-refractivity contribution in [2.75, 3.05) is 20.2 Å². The van der Waals surface area contributed by atoms with E-state index in [0.29, 0.717) is 41.6 Å². The Morgan fingerprint density at radius 1 is 1.13 bits per heavy atom. The number of fused-ring (bicyclic) bond motifs is 1. The number of ether oxygens (including phenoxy) is 2. The van der Waals surface area contributed by atoms with Gasteiger partial charge in [-0.1, -0.05) is 18.2 Å². The molecule has 1 aliphatic rings. The Morgan fingerprint density at radius 3 is 2.47 bits per heavy atom. The number of aryl methyl sites for hydroxylation is 1. The molecule has 4 rings (SSSR count). The number of pyridine rings is 1. The predicted molar refractivity (Wildman–Crippen MR) is 147 cm³/mol. The molecule has 3 heterocycles. The number of benzene rings is 1. The van der Waals surface area contributed by atoms with E-state index in [-0.39, 0.29) is 24.1 Å². The minimum absolute atomic E-state index is 0.0552. The van der Waals surface area contributed by atoms with Gasteiger partial charge in [0.25, 0.3) is 11.5 Å². The maximum Gasteiger partial charge on any atom is 0.410 e. The average molecular weight is 523 g/mol. The number of nitrogens with one attached hydrogen (secondary N) is 2. The van der Waals surface area contributed by atoms with E-state index in [1.165, 1.54) is 7.11 Å². The van der Waals surface area contributed by atoms with E-state index in [0.717, 1.165) is 36.0 Å². The molecule has 0 aliphatic carbocycles. The van der Waals surface area contributed by atoms with E-state index in [9.17, 15) is 14.4 Å². The van der Waals surface area contributed by atoms with Gasteiger partial charge in [-0.3, -0.25) is 9.59 Å². The van der Waals surface area contributed by atoms with Crippen LogP contribution in [0.5, 0.6) is 5.75 Å². The zero-order valence-corrected chi connectivity index (χ0v) is 23.1. The number of nitrogens with zero attached hydrogens (tertiary/aromatic N) is 2. The summed E-state index contributed by atoms with van der Waals surface area (Å²) >= 11 is 0. The maximum absolute atomic E-state index is 13.4. The van der Waals surface area contributed by atoms with Crippen molar-refractivity contribution in [1.29, 1.82) is 0 Å². The summed E-state index contributed by atoms with van der Waals surface area (Å²) in [5.74, 6) is 0.581. The average Bonchev–Trinajstić information content (AvgIpc) is 3.13. The monoisotopic (exact) mass is 522 g/mol. The Hall–Kier alpha value is -3.75. The molecule has 38 heavy (non-hydrogen) atoms. The number of aromatic amines is 1. The molecular weight excluding hydrogens is 484 g/mol. The second-order valence-corrected chi connectivity index (χ2v) is 11.0. The predicted octanol–water partition coefficient (Wildman–Crippen LogP) is 4.53. The van der Waals surface area contributed by atoms with Crippen LogP contribution in [0, 0.1) is 19.8 Å². The normalized spacial score (nSPS) is 14.5. The van der Waals surface area contributed by atoms with Gasteiger partial charge in [-0.25, -0.2) is 4.79 Å². The van der Waals surface area contributed by atoms with E-state index in [1.54, 1.807) is 17.9 Å². The van der Waals surface area contributed by atoms with Crippen molar-refractivity contribution in [3.63, 3.8) is 0 Å². The Labute approximate surface area is 223 Å². The van der Waals surface area contributed by atoms with Gasteiger partial charge in [0.05, 0.1) is 24.8 Å². The topological polar surface area (TPSA) is 106 Å². The van der Waals surface area contributed by atoms with Crippen molar-refractivity contribution in [2.24, 2.45) is 5.92 Å². The summed E-state index contributed by atoms with van der Waals surface area (Å²) in [5, 5.41) is 3.80. The maximum atomic E-state index is 13.4. The zero-order valence-electron chi connectivity index (χ0n) is 23.1. The lowest BCUT2D eigenvalue weighted by Gasteiger charge is -2.33. The number of carbonyl (C=O) groups excluding carboxylic acids is 2. The van der Waals surface area contributed by atoms with Gasteiger partial charge >= 0.3 is 6.09 Å². The molecule has 3 aromatic rings. The number of piperidine rings is 1. The molecule has 0 atom stereocenters. The Kier molecular flexibility index (Phi) is 7.85. The fourth-order valence-electron chi connectivity index (χ4n) is 5.13. The van der Waals surface area contributed by atoms with Crippen LogP contribution >= 0.6 is 0 Å². The minimum Gasteiger partial charge on any atom is -0.496 e. The Morgan fingerprint density at radius 2 is 1.82 bits per heavy atom. The van der Waals surface area contributed by atoms with Crippen molar-refractivity contribution in [1.82, 2.24) is 19.8 Å². The summed E-state index contributed by atoms with van der Waals surface area (Å²) in [6.45, 7) is 11.5. The lowest BCUT2D eigenvalue weighted by atomic mass is 9.97. The van der Waals surface area contributed by atoms with E-state index in [4.69, 9.17) is 9.47 Å². The molecule has 2 aromatic heterocycles. The van der Waals surface area contributed by atoms with Gasteiger partial charge in [-0.2, -0.15) is 0 Å². The summed E-state index contributed by atoms with van der Waals surface area (Å²) < 4.78 is 13.1. The molecule has 0 bridgehead atoms. The summed E-state index contributed by atoms with van der Waals surface area (Å²) in [6, 6.07) is 9.63. The van der Waals surface area contributed by atoms with Crippen LogP contribution in [0.25, 0.3) is 10.9 Å². The van der Waals surface area contributed by atoms with Gasteiger partial charge in [0.1, 0.15) is 11.4 Å². The number of amides is 2. The fraction of sp³-hybridized carbons (Fsp3) is 0.483. The standard InChI is InChI=1S/C29H38N4O5/c1-18-15-24(37-6)22(26(34)31-18)16-30-27(35)25-19(2)33(23-10-8-7-9-21(23)25)17-20-11-13-32(14-12-20)28(36)38-29(3,4)5/h7-10,15,20H,11-14,16-17H2,1-6H3,(H,30,35)(H,31,34). The van der Waals surface area contributed by atoms with E-state index >= 15 is 0 Å². The van der Waals surface area contributed by atoms with Crippen molar-refractivity contribution >= 4 is 22.9 Å². The van der Waals surface area contributed by atoms with Gasteiger partial charge in [0, 0.05) is 41.9 Å². The Bertz CT molecular complexity index is 1390. The lowest BCUT2D eigenvalue weighted by Crippen LogP contribution is -2.42. The molecular formula is C29H38N4O5. The third kappa shape index (κ3) is 5.87. The molecule has 1 aromatic carbocycles. The molecule has 1 aliphatic heterocycles. The van der Waals surface area contributed by atoms with Crippen molar-refractivity contribution in [3.8, 4) is 5.75 Å². The molecule has 9 heteroatoms. The van der Waals surface area contributed by atoms with Crippen LogP contribution in [0.3, 0.4) is 0 Å². The molecule has 204 valence electrons. The van der Waals surface area contributed by atoms with Gasteiger partial charge in [0.2, 0.25) is 0 Å². The summed E-state index contributed by atoms with van der Waals surface area (Å²) in [6.07, 6.45) is 1.47. The first-order chi connectivity index (χ1) is 18.0. The largest absolute Gasteiger partial charge is 0.496 e. The smallest absolute Gasteiger partial charge is 0.410 e. The third-order valence-corrected chi connectivity index (χ3v) is 7.04. The van der Waals surface area contributed by atoms with E-state index < -0.39 is 5.60 Å². The number of H-pyrrole nitrogens is 1. The molecule has 0 saturated carbocycles. The van der Waals surface area contributed by atoms with Crippen LogP contribution in [0.15, 0.2) is 35.1 Å². The highest BCUT2D eigenvalue weighted by molar-refractivity contribution is 6.08. The SMILES string of the molecule is COc1cc(C)[nH]c(=O)c1CNC(=O)c1c(C)n(CC2CCN(C(=O)OC(C)(C)C)CC2)c2ccccc12. The summed E-state index contributed by atoms with van der Waals surface area (Å²) in [7, 11) is 1.51. The highest BCUT2D eigenvalue weighted by atomic mass is 16.6. The van der Waals surface area contributed by atoms with Gasteiger partial charge in [-0.15, -0.1) is 0 Å². The first kappa shape index (κ1) is 27.3. The Balaban J connectivity index is 1.51. The van der Waals surface area contributed by atoms with Gasteiger partial charge < -0.3 is 29.2 Å². The molecule has 0 spiro atoms. The third-order valence-electron chi connectivity index (χ3n) is 7.04. The number of hydrogen-bond donors (Lipinski definition) is 2. The molecule has 2 N–H and O–H groups in total. The fourth-order valence-corrected chi connectivity index (χ4v) is 5.13. The number of methoxy groups -OCH3 is 1. The first-order valence-electron chi connectivity index (χ1n) is 13.1. The van der Waals surface area contributed by atoms with Crippen LogP contribution < -0.4 is 15.6 Å². The number of para-hydroxylation sites is 1. The molecule has 9 nitrogen and oxygen atoms in total. The van der Waals surface area contributed by atoms with Crippen molar-refractivity contribution < 1.29 is 19.1 Å². The van der Waals surface area contributed by atoms with Crippen LogP contribution in [-0.2, 0) is 17.8 Å². The second-order valence-electron chi connectivity index (χ2n) is 11.0. The molecule has 1 saturated heterocycles. The first-order valence-corrected chi connectivity index (χ1v) is 13.1.